The minimum atomic E-state index is -0.293. The SMILES string of the molecule is COc1ccc(NC(=O)C23CC4CC(CC(Cl)(C4)C2)C3)cc1Cl. The molecule has 0 aliphatic heterocycles. The Labute approximate surface area is 146 Å². The van der Waals surface area contributed by atoms with Crippen LogP contribution >= 0.6 is 23.2 Å². The van der Waals surface area contributed by atoms with E-state index in [0.29, 0.717) is 22.6 Å². The summed E-state index contributed by atoms with van der Waals surface area (Å²) in [6, 6.07) is 5.36. The van der Waals surface area contributed by atoms with Gasteiger partial charge in [0.15, 0.2) is 0 Å². The molecular formula is C18H21Cl2NO2. The van der Waals surface area contributed by atoms with Crippen molar-refractivity contribution < 1.29 is 9.53 Å². The second-order valence-corrected chi connectivity index (χ2v) is 8.90. The molecule has 23 heavy (non-hydrogen) atoms. The van der Waals surface area contributed by atoms with Crippen molar-refractivity contribution in [2.24, 2.45) is 17.3 Å². The van der Waals surface area contributed by atoms with Crippen LogP contribution in [0.4, 0.5) is 5.69 Å². The number of carbonyl (C=O) groups is 1. The highest BCUT2D eigenvalue weighted by atomic mass is 35.5. The molecule has 124 valence electrons. The molecule has 2 atom stereocenters. The van der Waals surface area contributed by atoms with Crippen molar-refractivity contribution in [1.29, 1.82) is 0 Å². The molecule has 2 unspecified atom stereocenters. The summed E-state index contributed by atoms with van der Waals surface area (Å²) in [6.07, 6.45) is 6.17. The Morgan fingerprint density at radius 1 is 1.26 bits per heavy atom. The van der Waals surface area contributed by atoms with Gasteiger partial charge in [0.25, 0.3) is 0 Å². The molecular weight excluding hydrogens is 333 g/mol. The molecule has 1 N–H and O–H groups in total. The monoisotopic (exact) mass is 353 g/mol. The van der Waals surface area contributed by atoms with E-state index in [0.717, 1.165) is 37.8 Å². The minimum Gasteiger partial charge on any atom is -0.495 e. The van der Waals surface area contributed by atoms with E-state index in [9.17, 15) is 4.79 Å². The van der Waals surface area contributed by atoms with Crippen LogP contribution in [0, 0.1) is 17.3 Å². The molecule has 4 saturated carbocycles. The number of nitrogens with one attached hydrogen (secondary N) is 1. The van der Waals surface area contributed by atoms with E-state index in [1.165, 1.54) is 6.42 Å². The van der Waals surface area contributed by atoms with Crippen molar-refractivity contribution in [3.63, 3.8) is 0 Å². The van der Waals surface area contributed by atoms with E-state index in [1.54, 1.807) is 19.2 Å². The maximum atomic E-state index is 13.0. The van der Waals surface area contributed by atoms with Crippen molar-refractivity contribution >= 4 is 34.8 Å². The molecule has 0 radical (unpaired) electrons. The Morgan fingerprint density at radius 2 is 1.96 bits per heavy atom. The van der Waals surface area contributed by atoms with Crippen LogP contribution in [-0.2, 0) is 4.79 Å². The first-order valence-corrected chi connectivity index (χ1v) is 9.01. The van der Waals surface area contributed by atoms with Crippen LogP contribution in [-0.4, -0.2) is 17.9 Å². The average molecular weight is 354 g/mol. The lowest BCUT2D eigenvalue weighted by atomic mass is 9.49. The molecule has 4 aliphatic carbocycles. The molecule has 4 fully saturated rings. The Hall–Kier alpha value is -0.930. The first-order valence-electron chi connectivity index (χ1n) is 8.25. The Balaban J connectivity index is 1.56. The fourth-order valence-corrected chi connectivity index (χ4v) is 6.37. The Morgan fingerprint density at radius 3 is 2.52 bits per heavy atom. The van der Waals surface area contributed by atoms with E-state index < -0.39 is 0 Å². The summed E-state index contributed by atoms with van der Waals surface area (Å²) in [5, 5.41) is 3.58. The summed E-state index contributed by atoms with van der Waals surface area (Å²) in [5.74, 6) is 1.94. The van der Waals surface area contributed by atoms with Gasteiger partial charge in [-0.25, -0.2) is 0 Å². The molecule has 5 heteroatoms. The molecule has 0 spiro atoms. The largest absolute Gasteiger partial charge is 0.495 e. The van der Waals surface area contributed by atoms with Gasteiger partial charge in [-0.2, -0.15) is 0 Å². The summed E-state index contributed by atoms with van der Waals surface area (Å²) >= 11 is 13.0. The number of rotatable bonds is 3. The summed E-state index contributed by atoms with van der Waals surface area (Å²) in [6.45, 7) is 0. The molecule has 4 bridgehead atoms. The van der Waals surface area contributed by atoms with Crippen LogP contribution in [0.3, 0.4) is 0 Å². The predicted octanol–water partition coefficient (Wildman–Crippen LogP) is 4.86. The van der Waals surface area contributed by atoms with Crippen molar-refractivity contribution in [1.82, 2.24) is 0 Å². The number of anilines is 1. The van der Waals surface area contributed by atoms with Gasteiger partial charge in [-0.05, 0) is 68.6 Å². The zero-order chi connectivity index (χ0) is 16.2. The van der Waals surface area contributed by atoms with Gasteiger partial charge in [-0.1, -0.05) is 11.6 Å². The molecule has 1 amide bonds. The van der Waals surface area contributed by atoms with Gasteiger partial charge in [0, 0.05) is 10.6 Å². The Bertz CT molecular complexity index is 646. The maximum absolute atomic E-state index is 13.0. The highest BCUT2D eigenvalue weighted by Gasteiger charge is 2.60. The highest BCUT2D eigenvalue weighted by Crippen LogP contribution is 2.64. The van der Waals surface area contributed by atoms with E-state index in [2.05, 4.69) is 5.32 Å². The zero-order valence-corrected chi connectivity index (χ0v) is 14.7. The van der Waals surface area contributed by atoms with Gasteiger partial charge in [0.2, 0.25) is 5.91 Å². The van der Waals surface area contributed by atoms with Crippen LogP contribution in [0.25, 0.3) is 0 Å². The number of hydrogen-bond donors (Lipinski definition) is 1. The third-order valence-electron chi connectivity index (χ3n) is 5.88. The summed E-state index contributed by atoms with van der Waals surface area (Å²) in [4.78, 5) is 12.9. The van der Waals surface area contributed by atoms with Crippen molar-refractivity contribution in [2.75, 3.05) is 12.4 Å². The lowest BCUT2D eigenvalue weighted by molar-refractivity contribution is -0.138. The van der Waals surface area contributed by atoms with Gasteiger partial charge >= 0.3 is 0 Å². The number of methoxy groups -OCH3 is 1. The first kappa shape index (κ1) is 15.6. The van der Waals surface area contributed by atoms with Crippen LogP contribution in [0.2, 0.25) is 5.02 Å². The number of carbonyl (C=O) groups excluding carboxylic acids is 1. The number of hydrogen-bond acceptors (Lipinski definition) is 2. The third-order valence-corrected chi connectivity index (χ3v) is 6.62. The molecule has 0 aromatic heterocycles. The maximum Gasteiger partial charge on any atom is 0.230 e. The third kappa shape index (κ3) is 2.62. The number of amides is 1. The normalized spacial score (nSPS) is 37.7. The lowest BCUT2D eigenvalue weighted by Crippen LogP contribution is -2.57. The van der Waals surface area contributed by atoms with Gasteiger partial charge in [-0.3, -0.25) is 4.79 Å². The number of benzene rings is 1. The van der Waals surface area contributed by atoms with E-state index >= 15 is 0 Å². The smallest absolute Gasteiger partial charge is 0.230 e. The molecule has 4 aliphatic rings. The lowest BCUT2D eigenvalue weighted by Gasteiger charge is -2.59. The van der Waals surface area contributed by atoms with Gasteiger partial charge in [0.05, 0.1) is 17.5 Å². The second kappa shape index (κ2) is 5.29. The molecule has 0 saturated heterocycles. The molecule has 1 aromatic rings. The van der Waals surface area contributed by atoms with Crippen molar-refractivity contribution in [3.8, 4) is 5.75 Å². The molecule has 1 aromatic carbocycles. The van der Waals surface area contributed by atoms with Crippen molar-refractivity contribution in [2.45, 2.75) is 43.4 Å². The van der Waals surface area contributed by atoms with Crippen LogP contribution in [0.5, 0.6) is 5.75 Å². The topological polar surface area (TPSA) is 38.3 Å². The van der Waals surface area contributed by atoms with Gasteiger partial charge in [0.1, 0.15) is 5.75 Å². The quantitative estimate of drug-likeness (QED) is 0.787. The number of ether oxygens (including phenoxy) is 1. The second-order valence-electron chi connectivity index (χ2n) is 7.70. The fraction of sp³-hybridized carbons (Fsp3) is 0.611. The number of alkyl halides is 1. The Kier molecular flexibility index (Phi) is 3.58. The van der Waals surface area contributed by atoms with E-state index in [-0.39, 0.29) is 16.2 Å². The molecule has 0 heterocycles. The van der Waals surface area contributed by atoms with Crippen molar-refractivity contribution in [3.05, 3.63) is 23.2 Å². The standard InChI is InChI=1S/C18H21Cl2NO2/c1-23-15-3-2-13(5-14(15)19)21-16(22)17-6-11-4-12(7-17)9-18(20,8-11)10-17/h2-3,5,11-12H,4,6-10H2,1H3,(H,21,22). The molecule has 5 rings (SSSR count). The fourth-order valence-electron chi connectivity index (χ4n) is 5.42. The summed E-state index contributed by atoms with van der Waals surface area (Å²) < 4.78 is 5.16. The van der Waals surface area contributed by atoms with Crippen LogP contribution in [0.1, 0.15) is 38.5 Å². The first-order chi connectivity index (χ1) is 10.9. The minimum absolute atomic E-state index is 0.109. The zero-order valence-electron chi connectivity index (χ0n) is 13.2. The van der Waals surface area contributed by atoms with Crippen LogP contribution in [0.15, 0.2) is 18.2 Å². The van der Waals surface area contributed by atoms with Crippen LogP contribution < -0.4 is 10.1 Å². The number of halogens is 2. The molecule has 3 nitrogen and oxygen atoms in total. The predicted molar refractivity (Wildman–Crippen MR) is 92.3 cm³/mol. The summed E-state index contributed by atoms with van der Waals surface area (Å²) in [5.41, 5.74) is 0.429. The van der Waals surface area contributed by atoms with Gasteiger partial charge < -0.3 is 10.1 Å². The van der Waals surface area contributed by atoms with E-state index in [1.807, 2.05) is 6.07 Å². The average Bonchev–Trinajstić information content (AvgIpc) is 2.44. The van der Waals surface area contributed by atoms with E-state index in [4.69, 9.17) is 27.9 Å². The van der Waals surface area contributed by atoms with Gasteiger partial charge in [-0.15, -0.1) is 11.6 Å². The summed E-state index contributed by atoms with van der Waals surface area (Å²) in [7, 11) is 1.58. The highest BCUT2D eigenvalue weighted by molar-refractivity contribution is 6.32.